The molecule has 0 aliphatic carbocycles. The van der Waals surface area contributed by atoms with Crippen molar-refractivity contribution in [3.8, 4) is 6.07 Å². The van der Waals surface area contributed by atoms with E-state index in [1.807, 2.05) is 30.3 Å². The Morgan fingerprint density at radius 1 is 0.967 bits per heavy atom. The standard InChI is InChI=1S/C24H21N5S/c25-16-19(23-27-21-8-4-5-9-22(21)30-23)20-10-13-26-24(28-20)29-14-11-18(12-15-29)17-6-2-1-3-7-17/h1-10,13,18-19H,11-12,14-15H2. The van der Waals surface area contributed by atoms with E-state index >= 15 is 0 Å². The minimum absolute atomic E-state index is 0.481. The molecular formula is C24H21N5S. The molecule has 0 saturated carbocycles. The highest BCUT2D eigenvalue weighted by Crippen LogP contribution is 2.32. The highest BCUT2D eigenvalue weighted by molar-refractivity contribution is 7.18. The van der Waals surface area contributed by atoms with Crippen LogP contribution in [0.3, 0.4) is 0 Å². The number of para-hydroxylation sites is 1. The number of nitriles is 1. The highest BCUT2D eigenvalue weighted by atomic mass is 32.1. The maximum absolute atomic E-state index is 9.86. The first-order valence-electron chi connectivity index (χ1n) is 10.2. The van der Waals surface area contributed by atoms with Crippen LogP contribution in [0.4, 0.5) is 5.95 Å². The first kappa shape index (κ1) is 18.7. The molecule has 0 amide bonds. The van der Waals surface area contributed by atoms with Crippen molar-refractivity contribution in [2.24, 2.45) is 0 Å². The Labute approximate surface area is 179 Å². The van der Waals surface area contributed by atoms with Gasteiger partial charge in [-0.2, -0.15) is 5.26 Å². The molecule has 1 saturated heterocycles. The van der Waals surface area contributed by atoms with Crippen LogP contribution in [0.1, 0.15) is 40.9 Å². The zero-order valence-corrected chi connectivity index (χ0v) is 17.3. The highest BCUT2D eigenvalue weighted by Gasteiger charge is 2.24. The van der Waals surface area contributed by atoms with Crippen LogP contribution in [0, 0.1) is 11.3 Å². The lowest BCUT2D eigenvalue weighted by Crippen LogP contribution is -2.34. The second-order valence-corrected chi connectivity index (χ2v) is 8.60. The molecule has 1 aliphatic rings. The third-order valence-electron chi connectivity index (χ3n) is 5.70. The normalized spacial score (nSPS) is 15.8. The average molecular weight is 412 g/mol. The predicted octanol–water partition coefficient (Wildman–Crippen LogP) is 5.13. The van der Waals surface area contributed by atoms with Gasteiger partial charge in [-0.3, -0.25) is 0 Å². The van der Waals surface area contributed by atoms with E-state index < -0.39 is 5.92 Å². The van der Waals surface area contributed by atoms with E-state index in [4.69, 9.17) is 4.98 Å². The maximum Gasteiger partial charge on any atom is 0.225 e. The summed E-state index contributed by atoms with van der Waals surface area (Å²) in [7, 11) is 0. The van der Waals surface area contributed by atoms with Crippen molar-refractivity contribution in [3.63, 3.8) is 0 Å². The molecule has 0 spiro atoms. The second-order valence-electron chi connectivity index (χ2n) is 7.54. The van der Waals surface area contributed by atoms with E-state index in [1.165, 1.54) is 5.56 Å². The molecule has 0 N–H and O–H groups in total. The van der Waals surface area contributed by atoms with Crippen LogP contribution in [0.25, 0.3) is 10.2 Å². The van der Waals surface area contributed by atoms with Gasteiger partial charge in [-0.15, -0.1) is 11.3 Å². The number of nitrogens with zero attached hydrogens (tertiary/aromatic N) is 5. The Kier molecular flexibility index (Phi) is 5.12. The molecule has 1 atom stereocenters. The summed E-state index contributed by atoms with van der Waals surface area (Å²) in [4.78, 5) is 16.2. The number of hydrogen-bond acceptors (Lipinski definition) is 6. The molecule has 2 aromatic carbocycles. The molecule has 0 radical (unpaired) electrons. The third-order valence-corrected chi connectivity index (χ3v) is 6.80. The number of thiazole rings is 1. The summed E-state index contributed by atoms with van der Waals surface area (Å²) in [5.74, 6) is 0.812. The van der Waals surface area contributed by atoms with E-state index in [-0.39, 0.29) is 0 Å². The van der Waals surface area contributed by atoms with Gasteiger partial charge in [0.25, 0.3) is 0 Å². The minimum Gasteiger partial charge on any atom is -0.341 e. The number of hydrogen-bond donors (Lipinski definition) is 0. The van der Waals surface area contributed by atoms with Gasteiger partial charge in [-0.25, -0.2) is 15.0 Å². The average Bonchev–Trinajstić information content (AvgIpc) is 3.24. The molecule has 5 nitrogen and oxygen atoms in total. The van der Waals surface area contributed by atoms with Crippen molar-refractivity contribution in [1.82, 2.24) is 15.0 Å². The van der Waals surface area contributed by atoms with E-state index in [2.05, 4.69) is 51.3 Å². The van der Waals surface area contributed by atoms with Crippen LogP contribution in [-0.4, -0.2) is 28.0 Å². The van der Waals surface area contributed by atoms with Gasteiger partial charge in [0.1, 0.15) is 10.9 Å². The molecule has 1 unspecified atom stereocenters. The fourth-order valence-electron chi connectivity index (χ4n) is 4.07. The lowest BCUT2D eigenvalue weighted by atomic mass is 9.90. The predicted molar refractivity (Wildman–Crippen MR) is 120 cm³/mol. The number of benzene rings is 2. The molecule has 3 heterocycles. The summed E-state index contributed by atoms with van der Waals surface area (Å²) in [6, 6.07) is 22.9. The Balaban J connectivity index is 1.35. The van der Waals surface area contributed by atoms with Gasteiger partial charge >= 0.3 is 0 Å². The van der Waals surface area contributed by atoms with Gasteiger partial charge in [0.2, 0.25) is 5.95 Å². The zero-order chi connectivity index (χ0) is 20.3. The summed E-state index contributed by atoms with van der Waals surface area (Å²) in [6.07, 6.45) is 3.92. The maximum atomic E-state index is 9.86. The Morgan fingerprint density at radius 3 is 2.50 bits per heavy atom. The number of fused-ring (bicyclic) bond motifs is 1. The van der Waals surface area contributed by atoms with Crippen molar-refractivity contribution < 1.29 is 0 Å². The SMILES string of the molecule is N#CC(c1ccnc(N2CCC(c3ccccc3)CC2)n1)c1nc2ccccc2s1. The van der Waals surface area contributed by atoms with E-state index in [9.17, 15) is 5.26 Å². The minimum atomic E-state index is -0.481. The van der Waals surface area contributed by atoms with Crippen molar-refractivity contribution >= 4 is 27.5 Å². The Hall–Kier alpha value is -3.30. The molecule has 5 rings (SSSR count). The topological polar surface area (TPSA) is 65.7 Å². The third kappa shape index (κ3) is 3.64. The van der Waals surface area contributed by atoms with E-state index in [0.717, 1.165) is 41.2 Å². The van der Waals surface area contributed by atoms with Crippen LogP contribution in [0.15, 0.2) is 66.9 Å². The molecule has 1 fully saturated rings. The van der Waals surface area contributed by atoms with Gasteiger partial charge in [0, 0.05) is 19.3 Å². The van der Waals surface area contributed by atoms with Gasteiger partial charge in [-0.1, -0.05) is 42.5 Å². The Morgan fingerprint density at radius 2 is 1.73 bits per heavy atom. The monoisotopic (exact) mass is 411 g/mol. The molecular weight excluding hydrogens is 390 g/mol. The molecule has 0 bridgehead atoms. The van der Waals surface area contributed by atoms with Crippen LogP contribution >= 0.6 is 11.3 Å². The lowest BCUT2D eigenvalue weighted by Gasteiger charge is -2.32. The van der Waals surface area contributed by atoms with Gasteiger partial charge in [0.15, 0.2) is 0 Å². The smallest absolute Gasteiger partial charge is 0.225 e. The number of piperidine rings is 1. The summed E-state index contributed by atoms with van der Waals surface area (Å²) in [5, 5.41) is 10.6. The fraction of sp³-hybridized carbons (Fsp3) is 0.250. The van der Waals surface area contributed by atoms with Gasteiger partial charge in [-0.05, 0) is 42.5 Å². The van der Waals surface area contributed by atoms with Gasteiger partial charge in [0.05, 0.1) is 22.0 Å². The summed E-state index contributed by atoms with van der Waals surface area (Å²) < 4.78 is 1.09. The quantitative estimate of drug-likeness (QED) is 0.466. The Bertz CT molecular complexity index is 1160. The van der Waals surface area contributed by atoms with Crippen molar-refractivity contribution in [2.45, 2.75) is 24.7 Å². The summed E-state index contributed by atoms with van der Waals surface area (Å²) >= 11 is 1.56. The van der Waals surface area contributed by atoms with Crippen LogP contribution in [0.2, 0.25) is 0 Å². The summed E-state index contributed by atoms with van der Waals surface area (Å²) in [5.41, 5.74) is 3.05. The van der Waals surface area contributed by atoms with Crippen LogP contribution in [-0.2, 0) is 0 Å². The van der Waals surface area contributed by atoms with E-state index in [1.54, 1.807) is 17.5 Å². The van der Waals surface area contributed by atoms with Gasteiger partial charge < -0.3 is 4.90 Å². The molecule has 4 aromatic rings. The largest absolute Gasteiger partial charge is 0.341 e. The van der Waals surface area contributed by atoms with Crippen LogP contribution < -0.4 is 4.90 Å². The molecule has 30 heavy (non-hydrogen) atoms. The first-order chi connectivity index (χ1) is 14.8. The number of rotatable bonds is 4. The molecule has 6 heteroatoms. The fourth-order valence-corrected chi connectivity index (χ4v) is 5.10. The molecule has 2 aromatic heterocycles. The van der Waals surface area contributed by atoms with Crippen LogP contribution in [0.5, 0.6) is 0 Å². The number of anilines is 1. The lowest BCUT2D eigenvalue weighted by molar-refractivity contribution is 0.499. The van der Waals surface area contributed by atoms with E-state index in [0.29, 0.717) is 17.6 Å². The zero-order valence-electron chi connectivity index (χ0n) is 16.5. The number of aromatic nitrogens is 3. The summed E-state index contributed by atoms with van der Waals surface area (Å²) in [6.45, 7) is 1.84. The van der Waals surface area contributed by atoms with Crippen molar-refractivity contribution in [1.29, 1.82) is 5.26 Å². The first-order valence-corrected chi connectivity index (χ1v) is 11.0. The van der Waals surface area contributed by atoms with Crippen molar-refractivity contribution in [2.75, 3.05) is 18.0 Å². The molecule has 148 valence electrons. The van der Waals surface area contributed by atoms with Crippen molar-refractivity contribution in [3.05, 3.63) is 83.1 Å². The second kappa shape index (κ2) is 8.21. The molecule has 1 aliphatic heterocycles.